The number of halogens is 4. The van der Waals surface area contributed by atoms with Gasteiger partial charge in [0.15, 0.2) is 0 Å². The highest BCUT2D eigenvalue weighted by atomic mass is 19.4. The van der Waals surface area contributed by atoms with Gasteiger partial charge in [-0.15, -0.1) is 0 Å². The molecule has 1 atom stereocenters. The third-order valence-electron chi connectivity index (χ3n) is 2.84. The van der Waals surface area contributed by atoms with Crippen LogP contribution in [0.3, 0.4) is 0 Å². The number of rotatable bonds is 5. The Balaban J connectivity index is 3.04. The van der Waals surface area contributed by atoms with E-state index in [4.69, 9.17) is 5.11 Å². The fraction of sp³-hybridized carbons (Fsp3) is 0.462. The van der Waals surface area contributed by atoms with Gasteiger partial charge in [0.1, 0.15) is 5.82 Å². The summed E-state index contributed by atoms with van der Waals surface area (Å²) in [4.78, 5) is 11.9. The highest BCUT2D eigenvalue weighted by molar-refractivity contribution is 5.96. The van der Waals surface area contributed by atoms with Crippen LogP contribution in [0.15, 0.2) is 18.2 Å². The van der Waals surface area contributed by atoms with E-state index >= 15 is 0 Å². The van der Waals surface area contributed by atoms with Gasteiger partial charge in [0.2, 0.25) is 0 Å². The fourth-order valence-electron chi connectivity index (χ4n) is 1.75. The number of benzene rings is 1. The minimum Gasteiger partial charge on any atom is -0.396 e. The second-order valence-electron chi connectivity index (χ2n) is 4.28. The normalized spacial score (nSPS) is 13.1. The molecule has 0 heterocycles. The van der Waals surface area contributed by atoms with Crippen LogP contribution < -0.4 is 5.32 Å². The summed E-state index contributed by atoms with van der Waals surface area (Å²) >= 11 is 0. The summed E-state index contributed by atoms with van der Waals surface area (Å²) in [5.41, 5.74) is -1.94. The second kappa shape index (κ2) is 6.69. The molecule has 0 saturated carbocycles. The summed E-state index contributed by atoms with van der Waals surface area (Å²) in [7, 11) is 0. The van der Waals surface area contributed by atoms with Gasteiger partial charge >= 0.3 is 6.18 Å². The summed E-state index contributed by atoms with van der Waals surface area (Å²) in [6.45, 7) is 1.55. The number of hydrogen-bond donors (Lipinski definition) is 2. The SMILES string of the molecule is CCC(CCO)NC(=O)c1ccc(F)cc1C(F)(F)F. The number of hydrogen-bond acceptors (Lipinski definition) is 2. The molecule has 3 nitrogen and oxygen atoms in total. The average molecular weight is 293 g/mol. The van der Waals surface area contributed by atoms with Crippen molar-refractivity contribution in [1.82, 2.24) is 5.32 Å². The number of aliphatic hydroxyl groups excluding tert-OH is 1. The first-order valence-corrected chi connectivity index (χ1v) is 6.08. The quantitative estimate of drug-likeness (QED) is 0.820. The summed E-state index contributed by atoms with van der Waals surface area (Å²) in [5, 5.41) is 11.2. The van der Waals surface area contributed by atoms with Crippen LogP contribution in [0.1, 0.15) is 35.7 Å². The van der Waals surface area contributed by atoms with E-state index in [9.17, 15) is 22.4 Å². The molecular weight excluding hydrogens is 278 g/mol. The monoisotopic (exact) mass is 293 g/mol. The number of nitrogens with one attached hydrogen (secondary N) is 1. The van der Waals surface area contributed by atoms with Gasteiger partial charge in [-0.05, 0) is 31.0 Å². The molecule has 0 aliphatic rings. The Labute approximate surface area is 113 Å². The molecule has 112 valence electrons. The molecule has 7 heteroatoms. The molecule has 1 aromatic carbocycles. The minimum absolute atomic E-state index is 0.186. The van der Waals surface area contributed by atoms with Crippen LogP contribution in [-0.4, -0.2) is 23.7 Å². The highest BCUT2D eigenvalue weighted by Gasteiger charge is 2.35. The average Bonchev–Trinajstić information content (AvgIpc) is 2.36. The number of alkyl halides is 3. The standard InChI is InChI=1S/C13H15F4NO2/c1-2-9(5-6-19)18-12(20)10-4-3-8(14)7-11(10)13(15,16)17/h3-4,7,9,19H,2,5-6H2,1H3,(H,18,20). The lowest BCUT2D eigenvalue weighted by molar-refractivity contribution is -0.138. The molecule has 0 fully saturated rings. The van der Waals surface area contributed by atoms with Crippen molar-refractivity contribution >= 4 is 5.91 Å². The first kappa shape index (κ1) is 16.4. The summed E-state index contributed by atoms with van der Waals surface area (Å²) in [5.74, 6) is -1.99. The zero-order valence-corrected chi connectivity index (χ0v) is 10.8. The Morgan fingerprint density at radius 2 is 2.05 bits per heavy atom. The van der Waals surface area contributed by atoms with Crippen molar-refractivity contribution in [2.45, 2.75) is 32.0 Å². The van der Waals surface area contributed by atoms with Crippen LogP contribution in [0.5, 0.6) is 0 Å². The van der Waals surface area contributed by atoms with Crippen LogP contribution in [0.25, 0.3) is 0 Å². The van der Waals surface area contributed by atoms with E-state index in [2.05, 4.69) is 5.32 Å². The van der Waals surface area contributed by atoms with E-state index in [-0.39, 0.29) is 13.0 Å². The van der Waals surface area contributed by atoms with Crippen LogP contribution >= 0.6 is 0 Å². The zero-order chi connectivity index (χ0) is 15.3. The third kappa shape index (κ3) is 4.19. The number of carbonyl (C=O) groups is 1. The van der Waals surface area contributed by atoms with E-state index in [0.29, 0.717) is 12.5 Å². The molecule has 0 aliphatic carbocycles. The van der Waals surface area contributed by atoms with Crippen molar-refractivity contribution in [3.05, 3.63) is 35.1 Å². The van der Waals surface area contributed by atoms with Crippen LogP contribution in [-0.2, 0) is 6.18 Å². The second-order valence-corrected chi connectivity index (χ2v) is 4.28. The van der Waals surface area contributed by atoms with Gasteiger partial charge in [-0.25, -0.2) is 4.39 Å². The third-order valence-corrected chi connectivity index (χ3v) is 2.84. The van der Waals surface area contributed by atoms with Crippen molar-refractivity contribution in [1.29, 1.82) is 0 Å². The molecule has 0 saturated heterocycles. The Morgan fingerprint density at radius 3 is 2.55 bits per heavy atom. The largest absolute Gasteiger partial charge is 0.417 e. The maximum absolute atomic E-state index is 12.9. The van der Waals surface area contributed by atoms with Crippen molar-refractivity contribution in [2.24, 2.45) is 0 Å². The Kier molecular flexibility index (Phi) is 5.50. The van der Waals surface area contributed by atoms with Gasteiger partial charge < -0.3 is 10.4 Å². The molecule has 20 heavy (non-hydrogen) atoms. The fourth-order valence-corrected chi connectivity index (χ4v) is 1.75. The van der Waals surface area contributed by atoms with E-state index in [1.54, 1.807) is 6.92 Å². The molecule has 0 aromatic heterocycles. The Hall–Kier alpha value is -1.63. The molecule has 1 aromatic rings. The summed E-state index contributed by atoms with van der Waals surface area (Å²) < 4.78 is 51.2. The lowest BCUT2D eigenvalue weighted by atomic mass is 10.0. The molecule has 0 bridgehead atoms. The van der Waals surface area contributed by atoms with Crippen LogP contribution in [0.4, 0.5) is 17.6 Å². The van der Waals surface area contributed by atoms with Crippen LogP contribution in [0, 0.1) is 5.82 Å². The number of carbonyl (C=O) groups excluding carboxylic acids is 1. The van der Waals surface area contributed by atoms with Crippen molar-refractivity contribution in [3.63, 3.8) is 0 Å². The summed E-state index contributed by atoms with van der Waals surface area (Å²) in [6, 6.07) is 1.47. The molecule has 0 spiro atoms. The van der Waals surface area contributed by atoms with Gasteiger partial charge in [0.25, 0.3) is 5.91 Å². The van der Waals surface area contributed by atoms with Crippen molar-refractivity contribution in [3.8, 4) is 0 Å². The predicted octanol–water partition coefficient (Wildman–Crippen LogP) is 2.74. The van der Waals surface area contributed by atoms with E-state index in [1.807, 2.05) is 0 Å². The van der Waals surface area contributed by atoms with E-state index < -0.39 is 35.1 Å². The lowest BCUT2D eigenvalue weighted by Crippen LogP contribution is -2.36. The molecule has 2 N–H and O–H groups in total. The highest BCUT2D eigenvalue weighted by Crippen LogP contribution is 2.32. The molecule has 0 aliphatic heterocycles. The van der Waals surface area contributed by atoms with Gasteiger partial charge in [-0.1, -0.05) is 6.92 Å². The number of aliphatic hydroxyl groups is 1. The maximum Gasteiger partial charge on any atom is 0.417 e. The first-order chi connectivity index (χ1) is 9.29. The molecular formula is C13H15F4NO2. The summed E-state index contributed by atoms with van der Waals surface area (Å²) in [6.07, 6.45) is -4.10. The predicted molar refractivity (Wildman–Crippen MR) is 64.7 cm³/mol. The Morgan fingerprint density at radius 1 is 1.40 bits per heavy atom. The topological polar surface area (TPSA) is 49.3 Å². The number of amides is 1. The smallest absolute Gasteiger partial charge is 0.396 e. The molecule has 1 rings (SSSR count). The maximum atomic E-state index is 12.9. The van der Waals surface area contributed by atoms with Gasteiger partial charge in [0, 0.05) is 12.6 Å². The van der Waals surface area contributed by atoms with Crippen molar-refractivity contribution < 1.29 is 27.5 Å². The minimum atomic E-state index is -4.81. The van der Waals surface area contributed by atoms with Gasteiger partial charge in [0.05, 0.1) is 11.1 Å². The van der Waals surface area contributed by atoms with E-state index in [1.165, 1.54) is 0 Å². The van der Waals surface area contributed by atoms with Crippen LogP contribution in [0.2, 0.25) is 0 Å². The van der Waals surface area contributed by atoms with Gasteiger partial charge in [-0.3, -0.25) is 4.79 Å². The Bertz CT molecular complexity index is 474. The molecule has 1 amide bonds. The first-order valence-electron chi connectivity index (χ1n) is 6.08. The van der Waals surface area contributed by atoms with Crippen molar-refractivity contribution in [2.75, 3.05) is 6.61 Å². The van der Waals surface area contributed by atoms with E-state index in [0.717, 1.165) is 12.1 Å². The van der Waals surface area contributed by atoms with Gasteiger partial charge in [-0.2, -0.15) is 13.2 Å². The zero-order valence-electron chi connectivity index (χ0n) is 10.8. The molecule has 1 unspecified atom stereocenters. The lowest BCUT2D eigenvalue weighted by Gasteiger charge is -2.18. The molecule has 0 radical (unpaired) electrons.